The van der Waals surface area contributed by atoms with Crippen LogP contribution in [0.3, 0.4) is 0 Å². The van der Waals surface area contributed by atoms with E-state index >= 15 is 0 Å². The van der Waals surface area contributed by atoms with Crippen molar-refractivity contribution in [2.75, 3.05) is 7.11 Å². The van der Waals surface area contributed by atoms with E-state index in [1.807, 2.05) is 48.6 Å². The first-order valence-corrected chi connectivity index (χ1v) is 8.32. The van der Waals surface area contributed by atoms with E-state index in [0.29, 0.717) is 31.3 Å². The van der Waals surface area contributed by atoms with Gasteiger partial charge >= 0.3 is 5.97 Å². The molecule has 0 fully saturated rings. The quantitative estimate of drug-likeness (QED) is 0.809. The largest absolute Gasteiger partial charge is 0.478 e. The van der Waals surface area contributed by atoms with Crippen LogP contribution in [0.4, 0.5) is 0 Å². The summed E-state index contributed by atoms with van der Waals surface area (Å²) in [5, 5.41) is 12.1. The molecule has 2 aliphatic rings. The SMILES string of the molecule is COC1(NC(=O)C2=C(C(=O)O)CCC2)C=CC(c2ccccc2)=CC1. The number of allylic oxidation sites excluding steroid dienone is 2. The first kappa shape index (κ1) is 17.2. The van der Waals surface area contributed by atoms with Gasteiger partial charge in [0.1, 0.15) is 0 Å². The smallest absolute Gasteiger partial charge is 0.332 e. The van der Waals surface area contributed by atoms with Gasteiger partial charge in [0.15, 0.2) is 5.72 Å². The molecule has 0 radical (unpaired) electrons. The third kappa shape index (κ3) is 3.56. The Balaban J connectivity index is 1.77. The van der Waals surface area contributed by atoms with E-state index in [-0.39, 0.29) is 11.5 Å². The molecule has 5 heteroatoms. The van der Waals surface area contributed by atoms with Crippen LogP contribution in [0, 0.1) is 0 Å². The summed E-state index contributed by atoms with van der Waals surface area (Å²) >= 11 is 0. The second-order valence-corrected chi connectivity index (χ2v) is 6.23. The van der Waals surface area contributed by atoms with E-state index in [2.05, 4.69) is 5.32 Å². The minimum Gasteiger partial charge on any atom is -0.478 e. The average molecular weight is 339 g/mol. The van der Waals surface area contributed by atoms with Crippen molar-refractivity contribution in [2.45, 2.75) is 31.4 Å². The maximum atomic E-state index is 12.6. The maximum Gasteiger partial charge on any atom is 0.332 e. The number of aliphatic carboxylic acids is 1. The highest BCUT2D eigenvalue weighted by molar-refractivity contribution is 6.03. The van der Waals surface area contributed by atoms with Crippen LogP contribution in [0.1, 0.15) is 31.2 Å². The predicted octanol–water partition coefficient (Wildman–Crippen LogP) is 3.05. The second-order valence-electron chi connectivity index (χ2n) is 6.23. The standard InChI is InChI=1S/C20H21NO4/c1-25-20(21-18(22)16-8-5-9-17(16)19(23)24)12-10-15(11-13-20)14-6-3-2-4-7-14/h2-4,6-7,10-12H,5,8-9,13H2,1H3,(H,21,22)(H,23,24). The van der Waals surface area contributed by atoms with Crippen molar-refractivity contribution in [3.05, 3.63) is 65.3 Å². The molecule has 1 amide bonds. The molecular formula is C20H21NO4. The molecule has 25 heavy (non-hydrogen) atoms. The average Bonchev–Trinajstić information content (AvgIpc) is 3.13. The van der Waals surface area contributed by atoms with Gasteiger partial charge in [0.2, 0.25) is 5.91 Å². The van der Waals surface area contributed by atoms with Gasteiger partial charge in [-0.2, -0.15) is 0 Å². The predicted molar refractivity (Wildman–Crippen MR) is 94.6 cm³/mol. The van der Waals surface area contributed by atoms with Gasteiger partial charge in [-0.15, -0.1) is 0 Å². The first-order chi connectivity index (χ1) is 12.0. The molecule has 2 aliphatic carbocycles. The van der Waals surface area contributed by atoms with Gasteiger partial charge in [-0.25, -0.2) is 4.79 Å². The summed E-state index contributed by atoms with van der Waals surface area (Å²) in [5.41, 5.74) is 1.78. The molecule has 0 bridgehead atoms. The summed E-state index contributed by atoms with van der Waals surface area (Å²) in [7, 11) is 1.53. The number of ether oxygens (including phenoxy) is 1. The number of nitrogens with one attached hydrogen (secondary N) is 1. The summed E-state index contributed by atoms with van der Waals surface area (Å²) in [4.78, 5) is 23.8. The maximum absolute atomic E-state index is 12.6. The lowest BCUT2D eigenvalue weighted by atomic mass is 9.94. The Hall–Kier alpha value is -2.66. The molecule has 130 valence electrons. The summed E-state index contributed by atoms with van der Waals surface area (Å²) in [6.45, 7) is 0. The van der Waals surface area contributed by atoms with E-state index < -0.39 is 11.7 Å². The van der Waals surface area contributed by atoms with Gasteiger partial charge in [0.05, 0.1) is 0 Å². The fourth-order valence-corrected chi connectivity index (χ4v) is 3.26. The van der Waals surface area contributed by atoms with E-state index in [9.17, 15) is 14.7 Å². The minimum absolute atomic E-state index is 0.212. The van der Waals surface area contributed by atoms with Crippen molar-refractivity contribution >= 4 is 17.4 Å². The number of benzene rings is 1. The number of hydrogen-bond acceptors (Lipinski definition) is 3. The Morgan fingerprint density at radius 2 is 1.88 bits per heavy atom. The van der Waals surface area contributed by atoms with Crippen molar-refractivity contribution in [1.82, 2.24) is 5.32 Å². The van der Waals surface area contributed by atoms with Gasteiger partial charge in [-0.3, -0.25) is 4.79 Å². The number of hydrogen-bond donors (Lipinski definition) is 2. The topological polar surface area (TPSA) is 75.6 Å². The molecule has 0 saturated carbocycles. The van der Waals surface area contributed by atoms with Crippen molar-refractivity contribution in [3.63, 3.8) is 0 Å². The van der Waals surface area contributed by atoms with E-state index in [1.165, 1.54) is 7.11 Å². The lowest BCUT2D eigenvalue weighted by molar-refractivity contribution is -0.133. The highest BCUT2D eigenvalue weighted by Gasteiger charge is 2.33. The molecule has 3 rings (SSSR count). The Kier molecular flexibility index (Phi) is 4.86. The molecule has 0 heterocycles. The molecular weight excluding hydrogens is 318 g/mol. The summed E-state index contributed by atoms with van der Waals surface area (Å²) in [5.74, 6) is -1.38. The molecule has 0 spiro atoms. The number of carbonyl (C=O) groups excluding carboxylic acids is 1. The zero-order valence-corrected chi connectivity index (χ0v) is 14.1. The van der Waals surface area contributed by atoms with Crippen LogP contribution in [0.5, 0.6) is 0 Å². The summed E-state index contributed by atoms with van der Waals surface area (Å²) in [6.07, 6.45) is 7.85. The normalized spacial score (nSPS) is 22.7. The third-order valence-corrected chi connectivity index (χ3v) is 4.70. The van der Waals surface area contributed by atoms with Crippen LogP contribution in [-0.4, -0.2) is 29.8 Å². The number of methoxy groups -OCH3 is 1. The van der Waals surface area contributed by atoms with Crippen LogP contribution in [0.15, 0.2) is 59.7 Å². The van der Waals surface area contributed by atoms with Crippen LogP contribution in [0.2, 0.25) is 0 Å². The Labute approximate surface area is 146 Å². The molecule has 2 N–H and O–H groups in total. The van der Waals surface area contributed by atoms with Gasteiger partial charge in [-0.1, -0.05) is 42.5 Å². The molecule has 0 aromatic heterocycles. The van der Waals surface area contributed by atoms with Gasteiger partial charge in [0, 0.05) is 24.7 Å². The second kappa shape index (κ2) is 7.07. The number of rotatable bonds is 5. The summed E-state index contributed by atoms with van der Waals surface area (Å²) in [6, 6.07) is 9.97. The van der Waals surface area contributed by atoms with E-state index in [1.54, 1.807) is 0 Å². The molecule has 0 aliphatic heterocycles. The van der Waals surface area contributed by atoms with Gasteiger partial charge in [-0.05, 0) is 36.5 Å². The third-order valence-electron chi connectivity index (χ3n) is 4.70. The zero-order valence-electron chi connectivity index (χ0n) is 14.1. The molecule has 1 aromatic carbocycles. The number of carboxylic acids is 1. The molecule has 0 saturated heterocycles. The zero-order chi connectivity index (χ0) is 17.9. The Morgan fingerprint density at radius 3 is 2.48 bits per heavy atom. The number of amides is 1. The van der Waals surface area contributed by atoms with Crippen molar-refractivity contribution < 1.29 is 19.4 Å². The van der Waals surface area contributed by atoms with Crippen LogP contribution >= 0.6 is 0 Å². The van der Waals surface area contributed by atoms with Crippen molar-refractivity contribution in [3.8, 4) is 0 Å². The molecule has 1 aromatic rings. The van der Waals surface area contributed by atoms with Crippen LogP contribution in [-0.2, 0) is 14.3 Å². The highest BCUT2D eigenvalue weighted by atomic mass is 16.5. The number of carboxylic acid groups (broad SMARTS) is 1. The summed E-state index contributed by atoms with van der Waals surface area (Å²) < 4.78 is 5.56. The van der Waals surface area contributed by atoms with E-state index in [4.69, 9.17) is 4.74 Å². The van der Waals surface area contributed by atoms with Crippen LogP contribution in [0.25, 0.3) is 5.57 Å². The minimum atomic E-state index is -1.01. The lowest BCUT2D eigenvalue weighted by Gasteiger charge is -2.32. The fourth-order valence-electron chi connectivity index (χ4n) is 3.26. The van der Waals surface area contributed by atoms with Gasteiger partial charge in [0.25, 0.3) is 0 Å². The van der Waals surface area contributed by atoms with Crippen molar-refractivity contribution in [1.29, 1.82) is 0 Å². The number of carbonyl (C=O) groups is 2. The Morgan fingerprint density at radius 1 is 1.16 bits per heavy atom. The monoisotopic (exact) mass is 339 g/mol. The van der Waals surface area contributed by atoms with E-state index in [0.717, 1.165) is 11.1 Å². The van der Waals surface area contributed by atoms with Gasteiger partial charge < -0.3 is 15.2 Å². The first-order valence-electron chi connectivity index (χ1n) is 8.32. The van der Waals surface area contributed by atoms with Crippen molar-refractivity contribution in [2.24, 2.45) is 0 Å². The fraction of sp³-hybridized carbons (Fsp3) is 0.300. The lowest BCUT2D eigenvalue weighted by Crippen LogP contribution is -2.49. The highest BCUT2D eigenvalue weighted by Crippen LogP contribution is 2.30. The van der Waals surface area contributed by atoms with Crippen LogP contribution < -0.4 is 5.32 Å². The molecule has 5 nitrogen and oxygen atoms in total. The molecule has 1 atom stereocenters. The molecule has 1 unspecified atom stereocenters. The Bertz CT molecular complexity index is 776.